The summed E-state index contributed by atoms with van der Waals surface area (Å²) in [5.74, 6) is -0.185. The highest BCUT2D eigenvalue weighted by Gasteiger charge is 2.42. The number of hydrogen-bond donors (Lipinski definition) is 2. The Morgan fingerprint density at radius 3 is 2.61 bits per heavy atom. The van der Waals surface area contributed by atoms with Crippen LogP contribution < -0.4 is 11.1 Å². The summed E-state index contributed by atoms with van der Waals surface area (Å²) in [5.41, 5.74) is 8.07. The minimum Gasteiger partial charge on any atom is -0.379 e. The second kappa shape index (κ2) is 8.62. The van der Waals surface area contributed by atoms with Crippen LogP contribution in [-0.2, 0) is 21.4 Å². The van der Waals surface area contributed by atoms with Crippen molar-refractivity contribution in [1.29, 1.82) is 0 Å². The minimum atomic E-state index is -0.413. The van der Waals surface area contributed by atoms with Crippen LogP contribution in [-0.4, -0.2) is 55.6 Å². The lowest BCUT2D eigenvalue weighted by Gasteiger charge is -2.45. The third kappa shape index (κ3) is 4.23. The molecule has 0 aromatic heterocycles. The second-order valence-electron chi connectivity index (χ2n) is 8.56. The largest absolute Gasteiger partial charge is 0.379 e. The number of methoxy groups -OCH3 is 1. The van der Waals surface area contributed by atoms with Crippen LogP contribution in [0.1, 0.15) is 61.0 Å². The smallest absolute Gasteiger partial charge is 0.248 e. The molecule has 1 aliphatic carbocycles. The number of nitrogens with one attached hydrogen (secondary N) is 1. The fourth-order valence-corrected chi connectivity index (χ4v) is 4.72. The number of ether oxygens (including phenoxy) is 1. The average Bonchev–Trinajstić information content (AvgIpc) is 2.69. The van der Waals surface area contributed by atoms with Crippen molar-refractivity contribution in [2.45, 2.75) is 63.5 Å². The molecule has 0 radical (unpaired) electrons. The number of rotatable bonds is 6. The number of nitrogens with zero attached hydrogens (tertiary/aromatic N) is 1. The molecule has 6 heteroatoms. The first-order valence-corrected chi connectivity index (χ1v) is 10.3. The molecule has 2 atom stereocenters. The van der Waals surface area contributed by atoms with Crippen LogP contribution in [0, 0.1) is 0 Å². The molecule has 0 saturated carbocycles. The number of hydrogen-bond acceptors (Lipinski definition) is 4. The van der Waals surface area contributed by atoms with Gasteiger partial charge < -0.3 is 20.7 Å². The molecule has 1 aromatic carbocycles. The van der Waals surface area contributed by atoms with Gasteiger partial charge in [0, 0.05) is 56.6 Å². The van der Waals surface area contributed by atoms with E-state index in [1.807, 2.05) is 17.0 Å². The fraction of sp³-hybridized carbons (Fsp3) is 0.636. The Morgan fingerprint density at radius 1 is 1.25 bits per heavy atom. The van der Waals surface area contributed by atoms with Gasteiger partial charge in [0.05, 0.1) is 6.10 Å². The molecule has 28 heavy (non-hydrogen) atoms. The van der Waals surface area contributed by atoms with E-state index in [1.54, 1.807) is 13.2 Å². The number of benzene rings is 1. The van der Waals surface area contributed by atoms with Crippen LogP contribution >= 0.6 is 0 Å². The maximum Gasteiger partial charge on any atom is 0.248 e. The highest BCUT2D eigenvalue weighted by Crippen LogP contribution is 2.38. The van der Waals surface area contributed by atoms with Crippen molar-refractivity contribution in [1.82, 2.24) is 10.2 Å². The van der Waals surface area contributed by atoms with Gasteiger partial charge >= 0.3 is 0 Å². The van der Waals surface area contributed by atoms with E-state index in [4.69, 9.17) is 10.5 Å². The van der Waals surface area contributed by atoms with Crippen LogP contribution in [0.4, 0.5) is 0 Å². The Balaban J connectivity index is 1.71. The number of fused-ring (bicyclic) bond motifs is 1. The van der Waals surface area contributed by atoms with Gasteiger partial charge in [-0.2, -0.15) is 0 Å². The van der Waals surface area contributed by atoms with E-state index in [9.17, 15) is 9.59 Å². The Morgan fingerprint density at radius 2 is 1.96 bits per heavy atom. The molecule has 0 bridgehead atoms. The Bertz CT molecular complexity index is 726. The molecular formula is C22H33N3O3. The first-order chi connectivity index (χ1) is 13.3. The maximum atomic E-state index is 12.5. The van der Waals surface area contributed by atoms with E-state index >= 15 is 0 Å². The van der Waals surface area contributed by atoms with Crippen molar-refractivity contribution in [3.05, 3.63) is 34.9 Å². The number of piperidine rings is 1. The summed E-state index contributed by atoms with van der Waals surface area (Å²) in [4.78, 5) is 26.1. The average molecular weight is 388 g/mol. The molecule has 3 rings (SSSR count). The van der Waals surface area contributed by atoms with Crippen LogP contribution in [0.5, 0.6) is 0 Å². The van der Waals surface area contributed by atoms with Gasteiger partial charge in [0.15, 0.2) is 0 Å². The van der Waals surface area contributed by atoms with E-state index in [0.717, 1.165) is 37.9 Å². The van der Waals surface area contributed by atoms with Crippen molar-refractivity contribution < 1.29 is 14.3 Å². The maximum absolute atomic E-state index is 12.5. The summed E-state index contributed by atoms with van der Waals surface area (Å²) in [7, 11) is 1.73. The van der Waals surface area contributed by atoms with Gasteiger partial charge in [0.25, 0.3) is 0 Å². The lowest BCUT2D eigenvalue weighted by Crippen LogP contribution is -2.57. The van der Waals surface area contributed by atoms with E-state index < -0.39 is 5.91 Å². The topological polar surface area (TPSA) is 84.7 Å². The normalized spacial score (nSPS) is 23.9. The molecule has 2 amide bonds. The first kappa shape index (κ1) is 20.8. The zero-order valence-corrected chi connectivity index (χ0v) is 17.3. The number of amides is 2. The van der Waals surface area contributed by atoms with Gasteiger partial charge in [-0.3, -0.25) is 9.59 Å². The standard InChI is InChI=1S/C22H33N3O3/c1-22(2)17-13-16(21(23)27)8-7-15(17)14-18(28-3)20(22)24-10-9-19(26)25-11-5-4-6-12-25/h7-8,13,18,20,24H,4-6,9-12,14H2,1-3H3,(H2,23,27)/t18-,20+/m0/s1. The third-order valence-corrected chi connectivity index (χ3v) is 6.37. The van der Waals surface area contributed by atoms with E-state index in [1.165, 1.54) is 12.0 Å². The van der Waals surface area contributed by atoms with E-state index in [0.29, 0.717) is 18.5 Å². The molecule has 1 aliphatic heterocycles. The number of carbonyl (C=O) groups excluding carboxylic acids is 2. The molecule has 6 nitrogen and oxygen atoms in total. The fourth-order valence-electron chi connectivity index (χ4n) is 4.72. The summed E-state index contributed by atoms with van der Waals surface area (Å²) < 4.78 is 5.80. The molecule has 0 unspecified atom stereocenters. The van der Waals surface area contributed by atoms with Crippen LogP contribution in [0.15, 0.2) is 18.2 Å². The van der Waals surface area contributed by atoms with Crippen molar-refractivity contribution in [3.8, 4) is 0 Å². The van der Waals surface area contributed by atoms with E-state index in [2.05, 4.69) is 19.2 Å². The molecule has 2 aliphatic rings. The predicted molar refractivity (Wildman–Crippen MR) is 109 cm³/mol. The highest BCUT2D eigenvalue weighted by atomic mass is 16.5. The summed E-state index contributed by atoms with van der Waals surface area (Å²) >= 11 is 0. The summed E-state index contributed by atoms with van der Waals surface area (Å²) in [6, 6.07) is 5.73. The predicted octanol–water partition coefficient (Wildman–Crippen LogP) is 2.00. The lowest BCUT2D eigenvalue weighted by atomic mass is 9.67. The van der Waals surface area contributed by atoms with Crippen LogP contribution in [0.3, 0.4) is 0 Å². The van der Waals surface area contributed by atoms with Gasteiger partial charge in [0.1, 0.15) is 0 Å². The van der Waals surface area contributed by atoms with Gasteiger partial charge in [-0.1, -0.05) is 19.9 Å². The highest BCUT2D eigenvalue weighted by molar-refractivity contribution is 5.93. The molecule has 154 valence electrons. The van der Waals surface area contributed by atoms with Gasteiger partial charge in [-0.25, -0.2) is 0 Å². The lowest BCUT2D eigenvalue weighted by molar-refractivity contribution is -0.132. The zero-order valence-electron chi connectivity index (χ0n) is 17.3. The SMILES string of the molecule is CO[C@H]1Cc2ccc(C(N)=O)cc2C(C)(C)[C@@H]1NCCC(=O)N1CCCCC1. The molecule has 1 saturated heterocycles. The van der Waals surface area contributed by atoms with Gasteiger partial charge in [-0.15, -0.1) is 0 Å². The minimum absolute atomic E-state index is 0.00650. The molecule has 1 heterocycles. The Labute approximate surface area is 167 Å². The summed E-state index contributed by atoms with van der Waals surface area (Å²) in [6.45, 7) is 6.71. The molecule has 0 spiro atoms. The quantitative estimate of drug-likeness (QED) is 0.782. The van der Waals surface area contributed by atoms with Crippen molar-refractivity contribution in [2.24, 2.45) is 5.73 Å². The Kier molecular flexibility index (Phi) is 6.40. The van der Waals surface area contributed by atoms with Crippen molar-refractivity contribution >= 4 is 11.8 Å². The number of nitrogens with two attached hydrogens (primary N) is 1. The van der Waals surface area contributed by atoms with Crippen LogP contribution in [0.25, 0.3) is 0 Å². The number of primary amides is 1. The molecule has 1 fully saturated rings. The molecule has 3 N–H and O–H groups in total. The summed E-state index contributed by atoms with van der Waals surface area (Å²) in [5, 5.41) is 3.58. The monoisotopic (exact) mass is 387 g/mol. The van der Waals surface area contributed by atoms with E-state index in [-0.39, 0.29) is 23.5 Å². The number of likely N-dealkylation sites (tertiary alicyclic amines) is 1. The number of carbonyl (C=O) groups is 2. The molecule has 1 aromatic rings. The van der Waals surface area contributed by atoms with Gasteiger partial charge in [-0.05, 0) is 42.5 Å². The van der Waals surface area contributed by atoms with Crippen molar-refractivity contribution in [2.75, 3.05) is 26.7 Å². The summed E-state index contributed by atoms with van der Waals surface area (Å²) in [6.07, 6.45) is 4.72. The first-order valence-electron chi connectivity index (χ1n) is 10.3. The van der Waals surface area contributed by atoms with Gasteiger partial charge in [0.2, 0.25) is 11.8 Å². The van der Waals surface area contributed by atoms with Crippen molar-refractivity contribution in [3.63, 3.8) is 0 Å². The third-order valence-electron chi connectivity index (χ3n) is 6.37. The van der Waals surface area contributed by atoms with Crippen LogP contribution in [0.2, 0.25) is 0 Å². The zero-order chi connectivity index (χ0) is 20.3. The Hall–Kier alpha value is -1.92. The molecular weight excluding hydrogens is 354 g/mol. The second-order valence-corrected chi connectivity index (χ2v) is 8.56.